The van der Waals surface area contributed by atoms with Gasteiger partial charge in [-0.05, 0) is 42.5 Å². The van der Waals surface area contributed by atoms with E-state index >= 15 is 0 Å². The molecule has 2 aromatic carbocycles. The minimum absolute atomic E-state index is 0.0655. The largest absolute Gasteiger partial charge is 0.497 e. The zero-order valence-electron chi connectivity index (χ0n) is 14.0. The smallest absolute Gasteiger partial charge is 0.295 e. The lowest BCUT2D eigenvalue weighted by Crippen LogP contribution is -1.94. The zero-order valence-corrected chi connectivity index (χ0v) is 15.6. The van der Waals surface area contributed by atoms with Gasteiger partial charge < -0.3 is 14.4 Å². The first-order valence-electron chi connectivity index (χ1n) is 7.77. The molecule has 3 aromatic rings. The molecular weight excluding hydrogens is 398 g/mol. The quantitative estimate of drug-likeness (QED) is 0.459. The number of carbonyl (C=O) groups excluding carboxylic acids is 1. The van der Waals surface area contributed by atoms with E-state index in [4.69, 9.17) is 4.74 Å². The number of amides is 1. The van der Waals surface area contributed by atoms with Crippen LogP contribution in [0.3, 0.4) is 0 Å². The Kier molecular flexibility index (Phi) is 5.18. The summed E-state index contributed by atoms with van der Waals surface area (Å²) in [5.41, 5.74) is 1.39. The summed E-state index contributed by atoms with van der Waals surface area (Å²) in [5, 5.41) is 19.0. The van der Waals surface area contributed by atoms with E-state index in [0.717, 1.165) is 9.99 Å². The minimum atomic E-state index is -0.508. The van der Waals surface area contributed by atoms with Gasteiger partial charge in [0.15, 0.2) is 5.69 Å². The maximum atomic E-state index is 12.2. The highest BCUT2D eigenvalue weighted by Crippen LogP contribution is 2.40. The summed E-state index contributed by atoms with van der Waals surface area (Å²) < 4.78 is 7.55. The lowest BCUT2D eigenvalue weighted by Gasteiger charge is -2.02. The van der Waals surface area contributed by atoms with E-state index in [9.17, 15) is 9.90 Å². The number of nitrogens with zero attached hydrogens (tertiary/aromatic N) is 3. The van der Waals surface area contributed by atoms with E-state index in [2.05, 4.69) is 32.7 Å². The number of rotatable bonds is 5. The lowest BCUT2D eigenvalue weighted by molar-refractivity contribution is 0.0995. The van der Waals surface area contributed by atoms with Gasteiger partial charge >= 0.3 is 0 Å². The van der Waals surface area contributed by atoms with Crippen LogP contribution in [-0.2, 0) is 6.54 Å². The number of azo groups is 1. The molecule has 0 atom stereocenters. The van der Waals surface area contributed by atoms with Gasteiger partial charge in [0.2, 0.25) is 5.88 Å². The number of benzene rings is 2. The molecule has 6 nitrogen and oxygen atoms in total. The van der Waals surface area contributed by atoms with Crippen LogP contribution in [0.2, 0.25) is 0 Å². The van der Waals surface area contributed by atoms with E-state index in [-0.39, 0.29) is 11.6 Å². The highest BCUT2D eigenvalue weighted by Gasteiger charge is 2.17. The fraction of sp³-hybridized carbons (Fsp3) is 0.105. The summed E-state index contributed by atoms with van der Waals surface area (Å²) >= 11 is 3.41. The number of methoxy groups -OCH3 is 1. The molecule has 1 amide bonds. The number of halogens is 1. The predicted molar refractivity (Wildman–Crippen MR) is 103 cm³/mol. The number of aromatic nitrogens is 1. The van der Waals surface area contributed by atoms with E-state index in [0.29, 0.717) is 23.2 Å². The van der Waals surface area contributed by atoms with Crippen LogP contribution >= 0.6 is 15.9 Å². The Morgan fingerprint density at radius 2 is 2.04 bits per heavy atom. The van der Waals surface area contributed by atoms with Gasteiger partial charge in [0.05, 0.1) is 12.6 Å². The Labute approximate surface area is 158 Å². The standard InChI is InChI=1S/C19H16BrN3O3/c1-3-10-23-16-9-6-13(20)11-15(16)17(19(23)25)21-22-18(24)12-4-7-14(26-2)8-5-12/h3-9,11,25H,1,10H2,2H3. The van der Waals surface area contributed by atoms with Gasteiger partial charge in [-0.25, -0.2) is 0 Å². The zero-order chi connectivity index (χ0) is 18.7. The average Bonchev–Trinajstić information content (AvgIpc) is 2.91. The summed E-state index contributed by atoms with van der Waals surface area (Å²) in [6.07, 6.45) is 1.67. The normalized spacial score (nSPS) is 11.2. The lowest BCUT2D eigenvalue weighted by atomic mass is 10.2. The molecule has 1 aromatic heterocycles. The number of hydrogen-bond acceptors (Lipinski definition) is 4. The molecule has 0 radical (unpaired) electrons. The van der Waals surface area contributed by atoms with Crippen LogP contribution < -0.4 is 4.74 Å². The summed E-state index contributed by atoms with van der Waals surface area (Å²) in [4.78, 5) is 12.2. The van der Waals surface area contributed by atoms with E-state index in [1.54, 1.807) is 42.0 Å². The van der Waals surface area contributed by atoms with Gasteiger partial charge in [-0.3, -0.25) is 4.79 Å². The molecule has 0 spiro atoms. The van der Waals surface area contributed by atoms with Crippen LogP contribution in [0.25, 0.3) is 10.9 Å². The maximum Gasteiger partial charge on any atom is 0.295 e. The van der Waals surface area contributed by atoms with Crippen molar-refractivity contribution >= 4 is 38.4 Å². The first-order chi connectivity index (χ1) is 12.5. The third-order valence-electron chi connectivity index (χ3n) is 3.86. The fourth-order valence-electron chi connectivity index (χ4n) is 2.59. The second-order valence-electron chi connectivity index (χ2n) is 5.47. The van der Waals surface area contributed by atoms with Crippen molar-refractivity contribution in [3.05, 3.63) is 65.2 Å². The Morgan fingerprint density at radius 3 is 2.69 bits per heavy atom. The van der Waals surface area contributed by atoms with Gasteiger partial charge in [-0.1, -0.05) is 22.0 Å². The number of allylic oxidation sites excluding steroid dienone is 1. The molecule has 3 rings (SSSR count). The molecule has 0 aliphatic carbocycles. The topological polar surface area (TPSA) is 76.2 Å². The monoisotopic (exact) mass is 413 g/mol. The Balaban J connectivity index is 2.00. The van der Waals surface area contributed by atoms with Gasteiger partial charge in [0, 0.05) is 22.0 Å². The molecule has 0 saturated heterocycles. The van der Waals surface area contributed by atoms with Crippen LogP contribution in [-0.4, -0.2) is 22.7 Å². The molecule has 0 aliphatic heterocycles. The molecule has 0 fully saturated rings. The van der Waals surface area contributed by atoms with Crippen molar-refractivity contribution in [1.29, 1.82) is 0 Å². The van der Waals surface area contributed by atoms with Gasteiger partial charge in [0.25, 0.3) is 5.91 Å². The van der Waals surface area contributed by atoms with Crippen LogP contribution in [0.4, 0.5) is 5.69 Å². The molecule has 0 saturated carbocycles. The third kappa shape index (κ3) is 3.39. The molecule has 0 bridgehead atoms. The van der Waals surface area contributed by atoms with Crippen LogP contribution in [0.15, 0.2) is 69.8 Å². The van der Waals surface area contributed by atoms with Crippen molar-refractivity contribution in [1.82, 2.24) is 4.57 Å². The first kappa shape index (κ1) is 17.9. The fourth-order valence-corrected chi connectivity index (χ4v) is 2.96. The van der Waals surface area contributed by atoms with E-state index in [1.165, 1.54) is 0 Å². The highest BCUT2D eigenvalue weighted by atomic mass is 79.9. The molecule has 26 heavy (non-hydrogen) atoms. The van der Waals surface area contributed by atoms with Crippen molar-refractivity contribution in [2.45, 2.75) is 6.54 Å². The summed E-state index contributed by atoms with van der Waals surface area (Å²) in [5.74, 6) is 0.0735. The maximum absolute atomic E-state index is 12.2. The summed E-state index contributed by atoms with van der Waals surface area (Å²) in [6.45, 7) is 4.11. The Hall–Kier alpha value is -2.93. The van der Waals surface area contributed by atoms with Gasteiger partial charge in [-0.2, -0.15) is 0 Å². The summed E-state index contributed by atoms with van der Waals surface area (Å²) in [7, 11) is 1.55. The first-order valence-corrected chi connectivity index (χ1v) is 8.56. The second kappa shape index (κ2) is 7.53. The molecule has 7 heteroatoms. The molecule has 1 N–H and O–H groups in total. The summed E-state index contributed by atoms with van der Waals surface area (Å²) in [6, 6.07) is 12.1. The van der Waals surface area contributed by atoms with Crippen LogP contribution in [0.1, 0.15) is 10.4 Å². The minimum Gasteiger partial charge on any atom is -0.497 e. The van der Waals surface area contributed by atoms with E-state index in [1.807, 2.05) is 18.2 Å². The molecular formula is C19H16BrN3O3. The highest BCUT2D eigenvalue weighted by molar-refractivity contribution is 9.10. The van der Waals surface area contributed by atoms with Crippen molar-refractivity contribution < 1.29 is 14.6 Å². The van der Waals surface area contributed by atoms with Crippen molar-refractivity contribution in [3.8, 4) is 11.6 Å². The number of ether oxygens (including phenoxy) is 1. The second-order valence-corrected chi connectivity index (χ2v) is 6.38. The average molecular weight is 414 g/mol. The molecule has 0 aliphatic rings. The third-order valence-corrected chi connectivity index (χ3v) is 4.35. The molecule has 0 unspecified atom stereocenters. The SMILES string of the molecule is C=CCn1c(O)c(N=NC(=O)c2ccc(OC)cc2)c2cc(Br)ccc21. The van der Waals surface area contributed by atoms with Crippen LogP contribution in [0.5, 0.6) is 11.6 Å². The molecule has 1 heterocycles. The number of fused-ring (bicyclic) bond motifs is 1. The van der Waals surface area contributed by atoms with Crippen LogP contribution in [0, 0.1) is 0 Å². The van der Waals surface area contributed by atoms with Gasteiger partial charge in [0.1, 0.15) is 5.75 Å². The van der Waals surface area contributed by atoms with E-state index < -0.39 is 5.91 Å². The number of aromatic hydroxyl groups is 1. The number of hydrogen-bond donors (Lipinski definition) is 1. The van der Waals surface area contributed by atoms with Gasteiger partial charge in [-0.15, -0.1) is 16.8 Å². The predicted octanol–water partition coefficient (Wildman–Crippen LogP) is 5.23. The Bertz CT molecular complexity index is 1010. The number of carbonyl (C=O) groups is 1. The van der Waals surface area contributed by atoms with Crippen molar-refractivity contribution in [2.75, 3.05) is 7.11 Å². The molecule has 132 valence electrons. The van der Waals surface area contributed by atoms with Crippen molar-refractivity contribution in [3.63, 3.8) is 0 Å². The van der Waals surface area contributed by atoms with Crippen molar-refractivity contribution in [2.24, 2.45) is 10.2 Å². The Morgan fingerprint density at radius 1 is 1.31 bits per heavy atom.